The second kappa shape index (κ2) is 16.0. The molecule has 0 fully saturated rings. The first kappa shape index (κ1) is 34.4. The van der Waals surface area contributed by atoms with Crippen molar-refractivity contribution in [3.05, 3.63) is 71.1 Å². The van der Waals surface area contributed by atoms with E-state index in [2.05, 4.69) is 17.2 Å². The molecule has 2 bridgehead atoms. The molecule has 1 aliphatic heterocycles. The molecule has 5 N–H and O–H groups in total. The van der Waals surface area contributed by atoms with Crippen molar-refractivity contribution in [2.45, 2.75) is 65.0 Å². The van der Waals surface area contributed by atoms with Gasteiger partial charge in [0.05, 0.1) is 23.6 Å². The zero-order valence-corrected chi connectivity index (χ0v) is 25.1. The van der Waals surface area contributed by atoms with E-state index in [4.69, 9.17) is 19.9 Å². The minimum atomic E-state index is -1.00. The maximum Gasteiger partial charge on any atom is 0.405 e. The zero-order chi connectivity index (χ0) is 31.6. The molecule has 2 rings (SSSR count). The summed E-state index contributed by atoms with van der Waals surface area (Å²) in [6.45, 7) is 10.9. The Balaban J connectivity index is 2.62. The molecular weight excluding hydrogens is 542 g/mol. The molecule has 2 aliphatic rings. The monoisotopic (exact) mass is 585 g/mol. The Morgan fingerprint density at radius 1 is 1.21 bits per heavy atom. The predicted molar refractivity (Wildman–Crippen MR) is 158 cm³/mol. The molecule has 0 saturated heterocycles. The van der Waals surface area contributed by atoms with Gasteiger partial charge in [0.25, 0.3) is 5.91 Å². The molecule has 230 valence electrons. The normalized spacial score (nSPS) is 31.6. The van der Waals surface area contributed by atoms with E-state index in [0.29, 0.717) is 12.0 Å². The van der Waals surface area contributed by atoms with Gasteiger partial charge in [-0.05, 0) is 38.2 Å². The smallest absolute Gasteiger partial charge is 0.405 e. The third kappa shape index (κ3) is 9.10. The topological polar surface area (TPSA) is 166 Å². The number of amides is 2. The maximum absolute atomic E-state index is 13.5. The number of hydrogen-bond acceptors (Lipinski definition) is 9. The fraction of sp³-hybridized carbons (Fsp3) is 0.484. The van der Waals surface area contributed by atoms with Crippen molar-refractivity contribution in [2.24, 2.45) is 17.6 Å². The fourth-order valence-electron chi connectivity index (χ4n) is 4.95. The number of rotatable bonds is 6. The lowest BCUT2D eigenvalue weighted by Gasteiger charge is -2.30. The Hall–Kier alpha value is -3.80. The molecule has 42 heavy (non-hydrogen) atoms. The lowest BCUT2D eigenvalue weighted by atomic mass is 9.85. The van der Waals surface area contributed by atoms with Gasteiger partial charge in [-0.25, -0.2) is 4.79 Å². The molecule has 0 spiro atoms. The van der Waals surface area contributed by atoms with Gasteiger partial charge in [-0.2, -0.15) is 0 Å². The van der Waals surface area contributed by atoms with E-state index in [-0.39, 0.29) is 41.4 Å². The molecule has 0 unspecified atom stereocenters. The molecule has 11 nitrogen and oxygen atoms in total. The number of allylic oxidation sites excluding steroid dienone is 4. The average molecular weight is 586 g/mol. The summed E-state index contributed by atoms with van der Waals surface area (Å²) >= 11 is 0. The van der Waals surface area contributed by atoms with Crippen molar-refractivity contribution in [3.63, 3.8) is 0 Å². The number of carbonyl (C=O) groups is 4. The maximum atomic E-state index is 13.5. The number of ether oxygens (including phenoxy) is 3. The van der Waals surface area contributed by atoms with E-state index >= 15 is 0 Å². The van der Waals surface area contributed by atoms with E-state index in [1.165, 1.54) is 20.3 Å². The number of nitrogens with two attached hydrogens (primary N) is 1. The van der Waals surface area contributed by atoms with E-state index in [0.717, 1.165) is 6.08 Å². The van der Waals surface area contributed by atoms with Gasteiger partial charge in [0.2, 0.25) is 11.6 Å². The van der Waals surface area contributed by atoms with Crippen molar-refractivity contribution >= 4 is 23.6 Å². The van der Waals surface area contributed by atoms with Crippen LogP contribution in [0.1, 0.15) is 40.5 Å². The van der Waals surface area contributed by atoms with E-state index < -0.39 is 53.9 Å². The Morgan fingerprint density at radius 2 is 1.90 bits per heavy atom. The Bertz CT molecular complexity index is 1210. The highest BCUT2D eigenvalue weighted by molar-refractivity contribution is 6.23. The summed E-state index contributed by atoms with van der Waals surface area (Å²) in [5.74, 6) is -2.14. The number of nitrogens with one attached hydrogen (secondary N) is 2. The Morgan fingerprint density at radius 3 is 2.50 bits per heavy atom. The minimum Gasteiger partial charge on any atom is -0.439 e. The number of ketones is 2. The SMILES string of the molecule is C=CCNC1=C2C[C@@H](C)C[C@@H](OC)[C@H](O)[C@H](C)/C=C(\C)[C@@H](OC(N)=O)[C@H](OC)/C=C\C=C(\C)C(=O)NC(=CC1=O)C2=O. The van der Waals surface area contributed by atoms with Crippen molar-refractivity contribution < 1.29 is 38.5 Å². The number of aliphatic hydroxyl groups is 1. The number of methoxy groups -OCH3 is 2. The number of carbonyl (C=O) groups excluding carboxylic acids is 4. The number of primary amides is 1. The molecule has 1 heterocycles. The van der Waals surface area contributed by atoms with Gasteiger partial charge >= 0.3 is 6.09 Å². The third-order valence-electron chi connectivity index (χ3n) is 7.22. The van der Waals surface area contributed by atoms with Crippen LogP contribution in [0.25, 0.3) is 0 Å². The molecule has 1 aliphatic carbocycles. The van der Waals surface area contributed by atoms with Crippen LogP contribution in [0.15, 0.2) is 71.1 Å². The molecule has 0 aromatic rings. The number of aliphatic hydroxyl groups excluding tert-OH is 1. The van der Waals surface area contributed by atoms with E-state index in [9.17, 15) is 24.3 Å². The van der Waals surface area contributed by atoms with Crippen LogP contribution in [0.5, 0.6) is 0 Å². The lowest BCUT2D eigenvalue weighted by Crippen LogP contribution is -2.37. The molecular formula is C31H43N3O8. The molecule has 0 saturated carbocycles. The molecule has 0 aromatic heterocycles. The van der Waals surface area contributed by atoms with Crippen LogP contribution in [0.4, 0.5) is 4.79 Å². The summed E-state index contributed by atoms with van der Waals surface area (Å²) in [4.78, 5) is 51.3. The minimum absolute atomic E-state index is 0.132. The number of Topliss-reactive ketones (excluding diaryl/α,β-unsaturated/α-hetero) is 1. The highest BCUT2D eigenvalue weighted by Gasteiger charge is 2.33. The molecule has 0 aromatic carbocycles. The average Bonchev–Trinajstić information content (AvgIpc) is 2.94. The van der Waals surface area contributed by atoms with Gasteiger partial charge in [-0.3, -0.25) is 14.4 Å². The highest BCUT2D eigenvalue weighted by atomic mass is 16.6. The van der Waals surface area contributed by atoms with Crippen LogP contribution in [0, 0.1) is 11.8 Å². The van der Waals surface area contributed by atoms with Gasteiger partial charge in [0.1, 0.15) is 6.10 Å². The van der Waals surface area contributed by atoms with Crippen LogP contribution in [-0.2, 0) is 28.6 Å². The fourth-order valence-corrected chi connectivity index (χ4v) is 4.95. The second-order valence-electron chi connectivity index (χ2n) is 10.6. The Kier molecular flexibility index (Phi) is 13.1. The first-order chi connectivity index (χ1) is 19.8. The second-order valence-corrected chi connectivity index (χ2v) is 10.6. The van der Waals surface area contributed by atoms with Crippen LogP contribution in [0.3, 0.4) is 0 Å². The van der Waals surface area contributed by atoms with Crippen LogP contribution in [0.2, 0.25) is 0 Å². The highest BCUT2D eigenvalue weighted by Crippen LogP contribution is 2.28. The van der Waals surface area contributed by atoms with E-state index in [1.807, 2.05) is 6.92 Å². The van der Waals surface area contributed by atoms with E-state index in [1.54, 1.807) is 45.1 Å². The first-order valence-electron chi connectivity index (χ1n) is 13.8. The first-order valence-corrected chi connectivity index (χ1v) is 13.8. The number of hydrogen-bond donors (Lipinski definition) is 4. The summed E-state index contributed by atoms with van der Waals surface area (Å²) in [5.41, 5.74) is 6.42. The molecule has 2 amide bonds. The van der Waals surface area contributed by atoms with Crippen molar-refractivity contribution in [1.29, 1.82) is 0 Å². The van der Waals surface area contributed by atoms with Crippen LogP contribution < -0.4 is 16.4 Å². The molecule has 6 atom stereocenters. The summed E-state index contributed by atoms with van der Waals surface area (Å²) in [7, 11) is 2.92. The van der Waals surface area contributed by atoms with Crippen molar-refractivity contribution in [3.8, 4) is 0 Å². The third-order valence-corrected chi connectivity index (χ3v) is 7.22. The summed E-state index contributed by atoms with van der Waals surface area (Å²) in [6, 6.07) is 0. The van der Waals surface area contributed by atoms with Gasteiger partial charge in [-0.1, -0.05) is 44.2 Å². The largest absolute Gasteiger partial charge is 0.439 e. The standard InChI is InChI=1S/C31H43N3O8/c1-8-12-33-26-21-13-17(2)14-25(41-7)27(36)19(4)15-20(5)29(42-31(32)39)24(40-6)11-9-10-18(3)30(38)34-22(28(21)37)16-23(26)35/h8-11,15-17,19,24-25,27,29,33,36H,1,12-14H2,2-7H3,(H2,32,39)(H,34,38)/b11-9-,18-10-,20-15+/t17-,19-,24-,25-,27-,29-/m1/s1. The van der Waals surface area contributed by atoms with Gasteiger partial charge in [0.15, 0.2) is 6.10 Å². The van der Waals surface area contributed by atoms with Gasteiger partial charge in [-0.15, -0.1) is 6.58 Å². The van der Waals surface area contributed by atoms with Crippen LogP contribution in [-0.4, -0.2) is 73.9 Å². The van der Waals surface area contributed by atoms with Crippen LogP contribution >= 0.6 is 0 Å². The Labute approximate surface area is 247 Å². The number of fused-ring (bicyclic) bond motifs is 2. The predicted octanol–water partition coefficient (Wildman–Crippen LogP) is 2.54. The molecule has 0 radical (unpaired) electrons. The van der Waals surface area contributed by atoms with Crippen molar-refractivity contribution in [1.82, 2.24) is 10.6 Å². The summed E-state index contributed by atoms with van der Waals surface area (Å²) in [5, 5.41) is 16.7. The summed E-state index contributed by atoms with van der Waals surface area (Å²) in [6.07, 6.45) is 5.34. The zero-order valence-electron chi connectivity index (χ0n) is 25.1. The quantitative estimate of drug-likeness (QED) is 0.271. The van der Waals surface area contributed by atoms with Crippen molar-refractivity contribution in [2.75, 3.05) is 20.8 Å². The lowest BCUT2D eigenvalue weighted by molar-refractivity contribution is -0.120. The van der Waals surface area contributed by atoms with Gasteiger partial charge in [0, 0.05) is 43.9 Å². The summed E-state index contributed by atoms with van der Waals surface area (Å²) < 4.78 is 16.6. The molecule has 11 heteroatoms. The van der Waals surface area contributed by atoms with Gasteiger partial charge < -0.3 is 35.7 Å².